The van der Waals surface area contributed by atoms with Gasteiger partial charge in [0.2, 0.25) is 11.8 Å². The number of thiophene rings is 1. The van der Waals surface area contributed by atoms with Crippen molar-refractivity contribution in [2.75, 3.05) is 19.7 Å². The fourth-order valence-electron chi connectivity index (χ4n) is 3.82. The third kappa shape index (κ3) is 6.90. The van der Waals surface area contributed by atoms with Gasteiger partial charge < -0.3 is 20.3 Å². The molecule has 8 heteroatoms. The SMILES string of the molecule is CCC(C)(C)NC(=O)[C@H](c1ccc(C)cc1)N(C[C@@H]1CCCO1)C(=O)CNC(=O)c1cccs1. The lowest BCUT2D eigenvalue weighted by molar-refractivity contribution is -0.142. The lowest BCUT2D eigenvalue weighted by Crippen LogP contribution is -2.53. The molecule has 2 aromatic rings. The molecule has 7 nitrogen and oxygen atoms in total. The molecule has 34 heavy (non-hydrogen) atoms. The summed E-state index contributed by atoms with van der Waals surface area (Å²) < 4.78 is 5.81. The van der Waals surface area contributed by atoms with Gasteiger partial charge in [-0.1, -0.05) is 42.8 Å². The minimum atomic E-state index is -0.832. The van der Waals surface area contributed by atoms with Crippen LogP contribution in [0, 0.1) is 6.92 Å². The Kier molecular flexibility index (Phi) is 8.85. The lowest BCUT2D eigenvalue weighted by atomic mass is 9.97. The van der Waals surface area contributed by atoms with E-state index in [1.54, 1.807) is 17.0 Å². The van der Waals surface area contributed by atoms with E-state index in [1.807, 2.05) is 57.3 Å². The van der Waals surface area contributed by atoms with Crippen molar-refractivity contribution in [1.82, 2.24) is 15.5 Å². The standard InChI is InChI=1S/C26H35N3O4S/c1-5-26(3,4)28-25(32)23(19-12-10-18(2)11-13-19)29(17-20-8-6-14-33-20)22(30)16-27-24(31)21-9-7-15-34-21/h7,9-13,15,20,23H,5-6,8,14,16-17H2,1-4H3,(H,27,31)(H,28,32)/t20-,23-/m0/s1. The maximum absolute atomic E-state index is 13.6. The van der Waals surface area contributed by atoms with Gasteiger partial charge in [0, 0.05) is 18.7 Å². The fraction of sp³-hybridized carbons (Fsp3) is 0.500. The van der Waals surface area contributed by atoms with Crippen molar-refractivity contribution in [3.63, 3.8) is 0 Å². The number of nitrogens with zero attached hydrogens (tertiary/aromatic N) is 1. The summed E-state index contributed by atoms with van der Waals surface area (Å²) in [5.41, 5.74) is 1.37. The van der Waals surface area contributed by atoms with E-state index in [-0.39, 0.29) is 36.9 Å². The quantitative estimate of drug-likeness (QED) is 0.535. The van der Waals surface area contributed by atoms with Crippen LogP contribution in [0.4, 0.5) is 0 Å². The van der Waals surface area contributed by atoms with E-state index >= 15 is 0 Å². The molecule has 184 valence electrons. The Morgan fingerprint density at radius 3 is 2.53 bits per heavy atom. The number of carbonyl (C=O) groups is 3. The maximum Gasteiger partial charge on any atom is 0.261 e. The van der Waals surface area contributed by atoms with Crippen LogP contribution < -0.4 is 10.6 Å². The van der Waals surface area contributed by atoms with Crippen molar-refractivity contribution in [1.29, 1.82) is 0 Å². The van der Waals surface area contributed by atoms with Gasteiger partial charge in [0.15, 0.2) is 0 Å². The highest BCUT2D eigenvalue weighted by atomic mass is 32.1. The second-order valence-electron chi connectivity index (χ2n) is 9.38. The minimum Gasteiger partial charge on any atom is -0.376 e. The first-order valence-electron chi connectivity index (χ1n) is 11.8. The number of ether oxygens (including phenoxy) is 1. The lowest BCUT2D eigenvalue weighted by Gasteiger charge is -2.35. The predicted molar refractivity (Wildman–Crippen MR) is 134 cm³/mol. The monoisotopic (exact) mass is 485 g/mol. The van der Waals surface area contributed by atoms with Crippen molar-refractivity contribution < 1.29 is 19.1 Å². The largest absolute Gasteiger partial charge is 0.376 e. The Hall–Kier alpha value is -2.71. The highest BCUT2D eigenvalue weighted by Gasteiger charge is 2.36. The summed E-state index contributed by atoms with van der Waals surface area (Å²) in [6.07, 6.45) is 2.35. The van der Waals surface area contributed by atoms with Crippen LogP contribution in [0.5, 0.6) is 0 Å². The van der Waals surface area contributed by atoms with Gasteiger partial charge in [-0.05, 0) is 57.0 Å². The molecule has 1 aliphatic heterocycles. The highest BCUT2D eigenvalue weighted by molar-refractivity contribution is 7.12. The number of amides is 3. The predicted octanol–water partition coefficient (Wildman–Crippen LogP) is 3.84. The molecule has 0 aliphatic carbocycles. The summed E-state index contributed by atoms with van der Waals surface area (Å²) in [5.74, 6) is -0.870. The van der Waals surface area contributed by atoms with Crippen LogP contribution in [-0.2, 0) is 14.3 Å². The number of benzene rings is 1. The van der Waals surface area contributed by atoms with E-state index in [0.29, 0.717) is 11.5 Å². The van der Waals surface area contributed by atoms with E-state index in [0.717, 1.165) is 30.4 Å². The Morgan fingerprint density at radius 1 is 1.21 bits per heavy atom. The van der Waals surface area contributed by atoms with Crippen LogP contribution in [0.3, 0.4) is 0 Å². The second-order valence-corrected chi connectivity index (χ2v) is 10.3. The van der Waals surface area contributed by atoms with E-state index in [9.17, 15) is 14.4 Å². The number of nitrogens with one attached hydrogen (secondary N) is 2. The Balaban J connectivity index is 1.89. The molecule has 1 aromatic carbocycles. The van der Waals surface area contributed by atoms with Crippen LogP contribution in [0.2, 0.25) is 0 Å². The minimum absolute atomic E-state index is 0.142. The summed E-state index contributed by atoms with van der Waals surface area (Å²) >= 11 is 1.31. The third-order valence-electron chi connectivity index (χ3n) is 6.19. The molecule has 2 N–H and O–H groups in total. The highest BCUT2D eigenvalue weighted by Crippen LogP contribution is 2.26. The molecule has 1 saturated heterocycles. The normalized spacial score (nSPS) is 16.6. The molecule has 1 fully saturated rings. The molecule has 0 bridgehead atoms. The molecule has 1 aliphatic rings. The summed E-state index contributed by atoms with van der Waals surface area (Å²) in [7, 11) is 0. The topological polar surface area (TPSA) is 87.7 Å². The molecular weight excluding hydrogens is 450 g/mol. The van der Waals surface area contributed by atoms with Gasteiger partial charge in [-0.2, -0.15) is 0 Å². The molecule has 3 amide bonds. The zero-order valence-electron chi connectivity index (χ0n) is 20.4. The molecule has 0 unspecified atom stereocenters. The second kappa shape index (κ2) is 11.6. The van der Waals surface area contributed by atoms with Gasteiger partial charge in [-0.3, -0.25) is 14.4 Å². The molecule has 3 rings (SSSR count). The first-order valence-corrected chi connectivity index (χ1v) is 12.7. The summed E-state index contributed by atoms with van der Waals surface area (Å²) in [6.45, 7) is 8.65. The van der Waals surface area contributed by atoms with Gasteiger partial charge in [-0.15, -0.1) is 11.3 Å². The maximum atomic E-state index is 13.6. The summed E-state index contributed by atoms with van der Waals surface area (Å²) in [4.78, 5) is 41.7. The summed E-state index contributed by atoms with van der Waals surface area (Å²) in [5, 5.41) is 7.63. The van der Waals surface area contributed by atoms with Crippen molar-refractivity contribution in [2.24, 2.45) is 0 Å². The van der Waals surface area contributed by atoms with E-state index in [1.165, 1.54) is 11.3 Å². The van der Waals surface area contributed by atoms with E-state index < -0.39 is 11.6 Å². The first-order chi connectivity index (χ1) is 16.2. The molecule has 1 aromatic heterocycles. The van der Waals surface area contributed by atoms with Gasteiger partial charge in [0.1, 0.15) is 6.04 Å². The van der Waals surface area contributed by atoms with Crippen molar-refractivity contribution in [3.8, 4) is 0 Å². The number of hydrogen-bond acceptors (Lipinski definition) is 5. The van der Waals surface area contributed by atoms with Gasteiger partial charge in [-0.25, -0.2) is 0 Å². The van der Waals surface area contributed by atoms with Gasteiger partial charge >= 0.3 is 0 Å². The van der Waals surface area contributed by atoms with E-state index in [4.69, 9.17) is 4.74 Å². The molecular formula is C26H35N3O4S. The zero-order chi connectivity index (χ0) is 24.7. The van der Waals surface area contributed by atoms with Crippen LogP contribution in [0.25, 0.3) is 0 Å². The molecule has 0 radical (unpaired) electrons. The zero-order valence-corrected chi connectivity index (χ0v) is 21.2. The molecule has 2 heterocycles. The Bertz CT molecular complexity index is 966. The van der Waals surface area contributed by atoms with Crippen molar-refractivity contribution >= 4 is 29.1 Å². The van der Waals surface area contributed by atoms with Crippen molar-refractivity contribution in [2.45, 2.75) is 64.6 Å². The smallest absolute Gasteiger partial charge is 0.261 e. The average molecular weight is 486 g/mol. The number of aryl methyl sites for hydroxylation is 1. The Labute approximate surface area is 205 Å². The van der Waals surface area contributed by atoms with Crippen LogP contribution in [0.15, 0.2) is 41.8 Å². The number of hydrogen-bond donors (Lipinski definition) is 2. The van der Waals surface area contributed by atoms with Crippen LogP contribution in [0.1, 0.15) is 66.9 Å². The fourth-order valence-corrected chi connectivity index (χ4v) is 4.46. The van der Waals surface area contributed by atoms with Crippen LogP contribution in [-0.4, -0.2) is 54.0 Å². The van der Waals surface area contributed by atoms with Gasteiger partial charge in [0.25, 0.3) is 5.91 Å². The average Bonchev–Trinajstić information content (AvgIpc) is 3.52. The Morgan fingerprint density at radius 2 is 1.94 bits per heavy atom. The van der Waals surface area contributed by atoms with Crippen molar-refractivity contribution in [3.05, 3.63) is 57.8 Å². The molecule has 2 atom stereocenters. The third-order valence-corrected chi connectivity index (χ3v) is 7.06. The first kappa shape index (κ1) is 25.9. The van der Waals surface area contributed by atoms with Crippen LogP contribution >= 0.6 is 11.3 Å². The number of rotatable bonds is 10. The molecule has 0 spiro atoms. The summed E-state index contributed by atoms with van der Waals surface area (Å²) in [6, 6.07) is 10.3. The molecule has 0 saturated carbocycles. The van der Waals surface area contributed by atoms with E-state index in [2.05, 4.69) is 10.6 Å². The number of carbonyl (C=O) groups excluding carboxylic acids is 3. The van der Waals surface area contributed by atoms with Gasteiger partial charge in [0.05, 0.1) is 17.5 Å².